The number of anilines is 3. The van der Waals surface area contributed by atoms with Crippen LogP contribution in [-0.4, -0.2) is 54.9 Å². The van der Waals surface area contributed by atoms with Crippen molar-refractivity contribution in [3.63, 3.8) is 0 Å². The summed E-state index contributed by atoms with van der Waals surface area (Å²) >= 11 is 0. The number of carbonyl (C=O) groups is 1. The number of pyridine rings is 1. The first kappa shape index (κ1) is 26.2. The molecular formula is C30H35N7O2. The van der Waals surface area contributed by atoms with E-state index in [4.69, 9.17) is 15.5 Å². The number of hydrogen-bond acceptors (Lipinski definition) is 6. The van der Waals surface area contributed by atoms with Crippen molar-refractivity contribution >= 4 is 55.9 Å². The van der Waals surface area contributed by atoms with Crippen molar-refractivity contribution in [2.24, 2.45) is 0 Å². The first-order chi connectivity index (χ1) is 19.0. The summed E-state index contributed by atoms with van der Waals surface area (Å²) < 4.78 is 7.55. The number of nitrogens with zero attached hydrogens (tertiary/aromatic N) is 4. The number of fused-ring (bicyclic) bond motifs is 4. The molecule has 0 saturated carbocycles. The molecule has 0 unspecified atom stereocenters. The number of nitrogens with one attached hydrogen (secondary N) is 2. The van der Waals surface area contributed by atoms with E-state index < -0.39 is 0 Å². The van der Waals surface area contributed by atoms with E-state index in [9.17, 15) is 4.79 Å². The minimum Gasteiger partial charge on any atom is -0.384 e. The summed E-state index contributed by atoms with van der Waals surface area (Å²) in [6.07, 6.45) is 2.36. The highest BCUT2D eigenvalue weighted by atomic mass is 16.5. The lowest BCUT2D eigenvalue weighted by molar-refractivity contribution is 0.199. The second-order valence-corrected chi connectivity index (χ2v) is 9.79. The van der Waals surface area contributed by atoms with E-state index in [0.717, 1.165) is 69.3 Å². The molecule has 0 radical (unpaired) electrons. The number of rotatable bonds is 10. The number of methoxy groups -OCH3 is 1. The molecule has 9 heteroatoms. The van der Waals surface area contributed by atoms with Crippen molar-refractivity contribution in [2.75, 3.05) is 50.3 Å². The Balaban J connectivity index is 1.25. The number of amides is 2. The quantitative estimate of drug-likeness (QED) is 0.217. The maximum Gasteiger partial charge on any atom is 0.319 e. The Labute approximate surface area is 228 Å². The SMILES string of the molecule is COCCc1nc2c(N)nc3ccccc3c2n1CCCCNC(=O)Nc1ccc(N(C)C)c2ccccc12. The number of carbonyl (C=O) groups excluding carboxylic acids is 1. The molecule has 0 spiro atoms. The van der Waals surface area contributed by atoms with Gasteiger partial charge in [0.2, 0.25) is 0 Å². The molecule has 0 bridgehead atoms. The van der Waals surface area contributed by atoms with E-state index in [1.165, 1.54) is 0 Å². The number of para-hydroxylation sites is 1. The Kier molecular flexibility index (Phi) is 7.79. The number of ether oxygens (including phenoxy) is 1. The van der Waals surface area contributed by atoms with Crippen LogP contribution in [0.2, 0.25) is 0 Å². The number of nitrogen functional groups attached to an aromatic ring is 1. The second kappa shape index (κ2) is 11.6. The molecule has 5 rings (SSSR count). The predicted molar refractivity (Wildman–Crippen MR) is 160 cm³/mol. The summed E-state index contributed by atoms with van der Waals surface area (Å²) in [5, 5.41) is 9.16. The van der Waals surface area contributed by atoms with Gasteiger partial charge in [0.1, 0.15) is 11.3 Å². The third-order valence-corrected chi connectivity index (χ3v) is 6.94. The zero-order valence-electron chi connectivity index (χ0n) is 22.7. The summed E-state index contributed by atoms with van der Waals surface area (Å²) in [7, 11) is 5.72. The number of aromatic nitrogens is 3. The second-order valence-electron chi connectivity index (χ2n) is 9.79. The van der Waals surface area contributed by atoms with Crippen LogP contribution in [0.15, 0.2) is 60.7 Å². The van der Waals surface area contributed by atoms with Crippen molar-refractivity contribution in [3.05, 3.63) is 66.5 Å². The maximum atomic E-state index is 12.7. The van der Waals surface area contributed by atoms with Gasteiger partial charge in [0.25, 0.3) is 0 Å². The summed E-state index contributed by atoms with van der Waals surface area (Å²) in [5.74, 6) is 1.36. The lowest BCUT2D eigenvalue weighted by atomic mass is 10.1. The van der Waals surface area contributed by atoms with E-state index in [-0.39, 0.29) is 6.03 Å². The lowest BCUT2D eigenvalue weighted by Gasteiger charge is -2.18. The van der Waals surface area contributed by atoms with Crippen molar-refractivity contribution in [3.8, 4) is 0 Å². The zero-order chi connectivity index (χ0) is 27.4. The predicted octanol–water partition coefficient (Wildman–Crippen LogP) is 5.18. The average Bonchev–Trinajstić information content (AvgIpc) is 3.31. The molecule has 2 aromatic heterocycles. The summed E-state index contributed by atoms with van der Waals surface area (Å²) in [4.78, 5) is 24.2. The average molecular weight is 526 g/mol. The number of imidazole rings is 1. The first-order valence-electron chi connectivity index (χ1n) is 13.2. The third-order valence-electron chi connectivity index (χ3n) is 6.94. The highest BCUT2D eigenvalue weighted by Crippen LogP contribution is 2.32. The standard InChI is InChI=1S/C30H35N7O2/c1-36(2)25-15-14-24(20-10-4-5-11-21(20)25)34-30(38)32-17-8-9-18-37-26(16-19-39-3)35-27-28(37)22-12-6-7-13-23(22)33-29(27)31/h4-7,10-15H,8-9,16-19H2,1-3H3,(H2,31,33)(H2,32,34,38). The molecule has 0 aliphatic carbocycles. The van der Waals surface area contributed by atoms with E-state index in [0.29, 0.717) is 25.4 Å². The molecule has 5 aromatic rings. The Hall–Kier alpha value is -4.37. The fourth-order valence-electron chi connectivity index (χ4n) is 5.08. The molecule has 2 heterocycles. The smallest absolute Gasteiger partial charge is 0.319 e. The molecule has 0 aliphatic rings. The van der Waals surface area contributed by atoms with Gasteiger partial charge in [0, 0.05) is 62.6 Å². The van der Waals surface area contributed by atoms with E-state index in [1.54, 1.807) is 7.11 Å². The molecule has 0 fully saturated rings. The molecule has 0 aliphatic heterocycles. The summed E-state index contributed by atoms with van der Waals surface area (Å²) in [6.45, 7) is 1.88. The largest absolute Gasteiger partial charge is 0.384 e. The van der Waals surface area contributed by atoms with Gasteiger partial charge >= 0.3 is 6.03 Å². The van der Waals surface area contributed by atoms with E-state index >= 15 is 0 Å². The zero-order valence-corrected chi connectivity index (χ0v) is 22.7. The van der Waals surface area contributed by atoms with Crippen LogP contribution >= 0.6 is 0 Å². The van der Waals surface area contributed by atoms with Crippen molar-refractivity contribution in [1.29, 1.82) is 0 Å². The molecule has 3 aromatic carbocycles. The number of nitrogens with two attached hydrogens (primary N) is 1. The van der Waals surface area contributed by atoms with Gasteiger partial charge < -0.3 is 30.6 Å². The number of hydrogen-bond donors (Lipinski definition) is 3. The van der Waals surface area contributed by atoms with Crippen LogP contribution in [0.4, 0.5) is 22.0 Å². The van der Waals surface area contributed by atoms with Gasteiger partial charge in [-0.2, -0.15) is 0 Å². The molecule has 9 nitrogen and oxygen atoms in total. The monoisotopic (exact) mass is 525 g/mol. The first-order valence-corrected chi connectivity index (χ1v) is 13.2. The molecule has 0 saturated heterocycles. The van der Waals surface area contributed by atoms with Gasteiger partial charge in [-0.3, -0.25) is 0 Å². The van der Waals surface area contributed by atoms with Crippen molar-refractivity contribution in [2.45, 2.75) is 25.8 Å². The Morgan fingerprint density at radius 3 is 2.49 bits per heavy atom. The van der Waals surface area contributed by atoms with Crippen LogP contribution in [0.1, 0.15) is 18.7 Å². The van der Waals surface area contributed by atoms with Crippen LogP contribution in [0.25, 0.3) is 32.7 Å². The van der Waals surface area contributed by atoms with Gasteiger partial charge in [0.15, 0.2) is 5.82 Å². The minimum atomic E-state index is -0.212. The number of benzene rings is 3. The minimum absolute atomic E-state index is 0.212. The fraction of sp³-hybridized carbons (Fsp3) is 0.300. The van der Waals surface area contributed by atoms with Crippen molar-refractivity contribution in [1.82, 2.24) is 19.9 Å². The normalized spacial score (nSPS) is 11.4. The van der Waals surface area contributed by atoms with Crippen molar-refractivity contribution < 1.29 is 9.53 Å². The Bertz CT molecular complexity index is 1630. The van der Waals surface area contributed by atoms with Gasteiger partial charge in [-0.15, -0.1) is 0 Å². The fourth-order valence-corrected chi connectivity index (χ4v) is 5.08. The molecule has 202 valence electrons. The Morgan fingerprint density at radius 1 is 0.974 bits per heavy atom. The number of unbranched alkanes of at least 4 members (excludes halogenated alkanes) is 1. The van der Waals surface area contributed by atoms with Crippen LogP contribution in [0, 0.1) is 0 Å². The molecular weight excluding hydrogens is 490 g/mol. The van der Waals surface area contributed by atoms with E-state index in [1.807, 2.05) is 62.6 Å². The number of aryl methyl sites for hydroxylation is 1. The highest BCUT2D eigenvalue weighted by molar-refractivity contribution is 6.07. The Morgan fingerprint density at radius 2 is 1.72 bits per heavy atom. The molecule has 2 amide bonds. The van der Waals surface area contributed by atoms with Gasteiger partial charge in [-0.25, -0.2) is 14.8 Å². The number of urea groups is 1. The topological polar surface area (TPSA) is 110 Å². The lowest BCUT2D eigenvalue weighted by Crippen LogP contribution is -2.29. The van der Waals surface area contributed by atoms with Crippen LogP contribution in [0.5, 0.6) is 0 Å². The van der Waals surface area contributed by atoms with Crippen LogP contribution < -0.4 is 21.3 Å². The van der Waals surface area contributed by atoms with Gasteiger partial charge in [-0.05, 0) is 31.0 Å². The van der Waals surface area contributed by atoms with Gasteiger partial charge in [-0.1, -0.05) is 42.5 Å². The summed E-state index contributed by atoms with van der Waals surface area (Å²) in [6, 6.07) is 19.9. The molecule has 39 heavy (non-hydrogen) atoms. The highest BCUT2D eigenvalue weighted by Gasteiger charge is 2.17. The van der Waals surface area contributed by atoms with Crippen LogP contribution in [-0.2, 0) is 17.7 Å². The molecule has 4 N–H and O–H groups in total. The maximum absolute atomic E-state index is 12.7. The summed E-state index contributed by atoms with van der Waals surface area (Å²) in [5.41, 5.74) is 10.8. The third kappa shape index (κ3) is 5.44. The molecule has 0 atom stereocenters. The van der Waals surface area contributed by atoms with Crippen LogP contribution in [0.3, 0.4) is 0 Å². The van der Waals surface area contributed by atoms with E-state index in [2.05, 4.69) is 37.2 Å². The van der Waals surface area contributed by atoms with Gasteiger partial charge in [0.05, 0.1) is 23.3 Å².